The zero-order valence-corrected chi connectivity index (χ0v) is 22.4. The van der Waals surface area contributed by atoms with E-state index in [4.69, 9.17) is 14.5 Å². The fraction of sp³-hybridized carbons (Fsp3) is 0.259. The van der Waals surface area contributed by atoms with E-state index in [0.717, 1.165) is 48.8 Å². The molecule has 188 valence electrons. The predicted octanol–water partition coefficient (Wildman–Crippen LogP) is 6.21. The number of carbonyl (C=O) groups is 1. The molecule has 0 spiro atoms. The summed E-state index contributed by atoms with van der Waals surface area (Å²) in [4.78, 5) is 24.0. The molecule has 0 atom stereocenters. The average molecular weight is 542 g/mol. The monoisotopic (exact) mass is 541 g/mol. The first kappa shape index (κ1) is 26.4. The molecule has 5 rings (SSSR count). The molecule has 36 heavy (non-hydrogen) atoms. The van der Waals surface area contributed by atoms with Gasteiger partial charge in [-0.05, 0) is 54.8 Å². The molecule has 2 heterocycles. The van der Waals surface area contributed by atoms with Crippen molar-refractivity contribution in [2.45, 2.75) is 4.90 Å². The molecular weight excluding hydrogens is 514 g/mol. The van der Waals surface area contributed by atoms with E-state index in [1.165, 1.54) is 4.90 Å². The molecule has 9 heteroatoms. The van der Waals surface area contributed by atoms with Crippen molar-refractivity contribution in [2.75, 3.05) is 50.5 Å². The lowest BCUT2D eigenvalue weighted by Crippen LogP contribution is -2.43. The summed E-state index contributed by atoms with van der Waals surface area (Å²) in [7, 11) is 0. The number of amides is 1. The Hall–Kier alpha value is -2.62. The Morgan fingerprint density at radius 1 is 1.06 bits per heavy atom. The van der Waals surface area contributed by atoms with Crippen LogP contribution in [0.25, 0.3) is 10.2 Å². The van der Waals surface area contributed by atoms with Crippen LogP contribution in [0, 0.1) is 0 Å². The van der Waals surface area contributed by atoms with Gasteiger partial charge >= 0.3 is 0 Å². The number of fused-ring (bicyclic) bond motifs is 1. The number of morpholine rings is 1. The molecule has 0 radical (unpaired) electrons. The van der Waals surface area contributed by atoms with Crippen molar-refractivity contribution in [3.8, 4) is 11.5 Å². The average Bonchev–Trinajstić information content (AvgIpc) is 3.33. The molecule has 1 aliphatic heterocycles. The number of para-hydroxylation sites is 1. The Kier molecular flexibility index (Phi) is 9.23. The minimum atomic E-state index is -0.0825. The number of thioether (sulfide) groups is 1. The van der Waals surface area contributed by atoms with Gasteiger partial charge in [0.15, 0.2) is 5.13 Å². The van der Waals surface area contributed by atoms with Crippen molar-refractivity contribution in [3.05, 3.63) is 78.4 Å². The molecule has 4 aromatic rings. The van der Waals surface area contributed by atoms with E-state index in [0.29, 0.717) is 23.0 Å². The number of rotatable bonds is 8. The fourth-order valence-electron chi connectivity index (χ4n) is 3.96. The second kappa shape index (κ2) is 12.6. The molecule has 0 bridgehead atoms. The minimum Gasteiger partial charge on any atom is -0.457 e. The molecule has 1 fully saturated rings. The van der Waals surface area contributed by atoms with Gasteiger partial charge in [-0.15, -0.1) is 24.2 Å². The first-order valence-corrected chi connectivity index (χ1v) is 13.6. The van der Waals surface area contributed by atoms with Gasteiger partial charge < -0.3 is 9.47 Å². The molecule has 1 aromatic heterocycles. The Balaban J connectivity index is 0.00000304. The Bertz CT molecular complexity index is 1300. The largest absolute Gasteiger partial charge is 0.457 e. The van der Waals surface area contributed by atoms with E-state index < -0.39 is 0 Å². The third kappa shape index (κ3) is 6.38. The Morgan fingerprint density at radius 3 is 2.61 bits per heavy atom. The highest BCUT2D eigenvalue weighted by molar-refractivity contribution is 7.98. The standard InChI is InChI=1S/C27H27N3O3S2.ClH/c1-34-23-10-11-24-25(19-23)35-27(28-24)30(13-12-29-14-16-32-17-15-29)26(31)20-6-5-9-22(18-20)33-21-7-3-2-4-8-21;/h2-11,18-19H,12-17H2,1H3;1H. The van der Waals surface area contributed by atoms with Crippen LogP contribution in [0.4, 0.5) is 5.13 Å². The van der Waals surface area contributed by atoms with Crippen LogP contribution in [0.15, 0.2) is 77.7 Å². The summed E-state index contributed by atoms with van der Waals surface area (Å²) in [6.45, 7) is 4.52. The number of benzene rings is 3. The van der Waals surface area contributed by atoms with Crippen LogP contribution in [0.5, 0.6) is 11.5 Å². The SMILES string of the molecule is CSc1ccc2nc(N(CCN3CCOCC3)C(=O)c3cccc(Oc4ccccc4)c3)sc2c1.Cl. The topological polar surface area (TPSA) is 54.9 Å². The van der Waals surface area contributed by atoms with Crippen LogP contribution in [0.2, 0.25) is 0 Å². The van der Waals surface area contributed by atoms with Crippen molar-refractivity contribution < 1.29 is 14.3 Å². The zero-order chi connectivity index (χ0) is 24.0. The molecule has 1 aliphatic rings. The van der Waals surface area contributed by atoms with Crippen LogP contribution in [0.3, 0.4) is 0 Å². The molecule has 0 saturated carbocycles. The fourth-order valence-corrected chi connectivity index (χ4v) is 5.50. The van der Waals surface area contributed by atoms with Crippen LogP contribution >= 0.6 is 35.5 Å². The summed E-state index contributed by atoms with van der Waals surface area (Å²) in [6, 6.07) is 23.2. The maximum absolute atomic E-state index is 13.8. The molecule has 0 aliphatic carbocycles. The number of nitrogens with zero attached hydrogens (tertiary/aromatic N) is 3. The molecule has 6 nitrogen and oxygen atoms in total. The van der Waals surface area contributed by atoms with Gasteiger partial charge in [-0.25, -0.2) is 4.98 Å². The van der Waals surface area contributed by atoms with E-state index in [-0.39, 0.29) is 18.3 Å². The molecule has 1 saturated heterocycles. The molecule has 0 N–H and O–H groups in total. The summed E-state index contributed by atoms with van der Waals surface area (Å²) in [6.07, 6.45) is 2.06. The van der Waals surface area contributed by atoms with E-state index in [2.05, 4.69) is 23.3 Å². The summed E-state index contributed by atoms with van der Waals surface area (Å²) in [5.41, 5.74) is 1.48. The number of aromatic nitrogens is 1. The van der Waals surface area contributed by atoms with Gasteiger partial charge in [0.1, 0.15) is 11.5 Å². The van der Waals surface area contributed by atoms with Crippen molar-refractivity contribution in [3.63, 3.8) is 0 Å². The van der Waals surface area contributed by atoms with Crippen LogP contribution in [-0.2, 0) is 4.74 Å². The summed E-state index contributed by atoms with van der Waals surface area (Å²) in [5, 5.41) is 0.714. The number of hydrogen-bond acceptors (Lipinski definition) is 7. The van der Waals surface area contributed by atoms with Gasteiger partial charge in [-0.1, -0.05) is 35.6 Å². The number of hydrogen-bond donors (Lipinski definition) is 0. The van der Waals surface area contributed by atoms with Gasteiger partial charge in [0, 0.05) is 36.6 Å². The summed E-state index contributed by atoms with van der Waals surface area (Å²) < 4.78 is 12.5. The number of halogens is 1. The maximum Gasteiger partial charge on any atom is 0.260 e. The zero-order valence-electron chi connectivity index (χ0n) is 20.0. The van der Waals surface area contributed by atoms with E-state index in [1.807, 2.05) is 54.6 Å². The lowest BCUT2D eigenvalue weighted by Gasteiger charge is -2.29. The number of anilines is 1. The highest BCUT2D eigenvalue weighted by Crippen LogP contribution is 2.33. The van der Waals surface area contributed by atoms with Gasteiger partial charge in [0.05, 0.1) is 23.4 Å². The molecular formula is C27H28ClN3O3S2. The van der Waals surface area contributed by atoms with Crippen molar-refractivity contribution in [1.82, 2.24) is 9.88 Å². The number of thiazole rings is 1. The smallest absolute Gasteiger partial charge is 0.260 e. The van der Waals surface area contributed by atoms with Gasteiger partial charge in [-0.2, -0.15) is 0 Å². The first-order chi connectivity index (χ1) is 17.2. The summed E-state index contributed by atoms with van der Waals surface area (Å²) in [5.74, 6) is 1.28. The molecule has 0 unspecified atom stereocenters. The quantitative estimate of drug-likeness (QED) is 0.247. The minimum absolute atomic E-state index is 0. The Morgan fingerprint density at radius 2 is 1.83 bits per heavy atom. The second-order valence-corrected chi connectivity index (χ2v) is 10.1. The maximum atomic E-state index is 13.8. The van der Waals surface area contributed by atoms with Crippen molar-refractivity contribution in [1.29, 1.82) is 0 Å². The van der Waals surface area contributed by atoms with Crippen molar-refractivity contribution >= 4 is 56.8 Å². The van der Waals surface area contributed by atoms with Crippen LogP contribution in [0.1, 0.15) is 10.4 Å². The normalized spacial score (nSPS) is 13.8. The van der Waals surface area contributed by atoms with Gasteiger partial charge in [0.2, 0.25) is 0 Å². The Labute approximate surface area is 225 Å². The van der Waals surface area contributed by atoms with E-state index >= 15 is 0 Å². The van der Waals surface area contributed by atoms with E-state index in [1.54, 1.807) is 34.1 Å². The number of carbonyl (C=O) groups excluding carboxylic acids is 1. The molecule has 1 amide bonds. The van der Waals surface area contributed by atoms with Crippen LogP contribution in [-0.4, -0.2) is 61.4 Å². The summed E-state index contributed by atoms with van der Waals surface area (Å²) >= 11 is 3.26. The predicted molar refractivity (Wildman–Crippen MR) is 151 cm³/mol. The number of ether oxygens (including phenoxy) is 2. The lowest BCUT2D eigenvalue weighted by molar-refractivity contribution is 0.0391. The third-order valence-corrected chi connectivity index (χ3v) is 7.63. The van der Waals surface area contributed by atoms with E-state index in [9.17, 15) is 4.79 Å². The van der Waals surface area contributed by atoms with Crippen LogP contribution < -0.4 is 9.64 Å². The highest BCUT2D eigenvalue weighted by atomic mass is 35.5. The van der Waals surface area contributed by atoms with Gasteiger partial charge in [0.25, 0.3) is 5.91 Å². The first-order valence-electron chi connectivity index (χ1n) is 11.6. The lowest BCUT2D eigenvalue weighted by atomic mass is 10.2. The third-order valence-electron chi connectivity index (χ3n) is 5.86. The van der Waals surface area contributed by atoms with Gasteiger partial charge in [-0.3, -0.25) is 14.6 Å². The molecule has 3 aromatic carbocycles. The highest BCUT2D eigenvalue weighted by Gasteiger charge is 2.23. The second-order valence-electron chi connectivity index (χ2n) is 8.18. The van der Waals surface area contributed by atoms with Crippen molar-refractivity contribution in [2.24, 2.45) is 0 Å².